The SMILES string of the molecule is Cc1[nH]nc(Cl)c1NC(=O)c1cc(F)c(-n2nc(CF)n(CCO)c2=O)nc1OCC(F)(F)F. The van der Waals surface area contributed by atoms with Crippen LogP contribution in [0.15, 0.2) is 10.9 Å². The van der Waals surface area contributed by atoms with Gasteiger partial charge in [0, 0.05) is 0 Å². The monoisotopic (exact) mass is 511 g/mol. The van der Waals surface area contributed by atoms with Gasteiger partial charge in [-0.15, -0.1) is 5.10 Å². The number of H-pyrrole nitrogens is 1. The summed E-state index contributed by atoms with van der Waals surface area (Å²) in [6.45, 7) is -2.66. The predicted octanol–water partition coefficient (Wildman–Crippen LogP) is 1.91. The maximum absolute atomic E-state index is 14.9. The molecule has 0 spiro atoms. The first-order chi connectivity index (χ1) is 16.0. The number of aliphatic hydroxyl groups is 1. The van der Waals surface area contributed by atoms with Crippen LogP contribution >= 0.6 is 11.6 Å². The number of nitrogens with zero attached hydrogens (tertiary/aromatic N) is 5. The molecule has 3 aromatic heterocycles. The molecule has 0 aromatic carbocycles. The zero-order chi connectivity index (χ0) is 25.2. The summed E-state index contributed by atoms with van der Waals surface area (Å²) in [7, 11) is 0. The average Bonchev–Trinajstić information content (AvgIpc) is 3.25. The number of halogens is 6. The normalized spacial score (nSPS) is 11.6. The van der Waals surface area contributed by atoms with Crippen LogP contribution in [0.2, 0.25) is 5.15 Å². The molecule has 0 bridgehead atoms. The Morgan fingerprint density at radius 3 is 2.65 bits per heavy atom. The highest BCUT2D eigenvalue weighted by Crippen LogP contribution is 2.27. The van der Waals surface area contributed by atoms with Crippen LogP contribution in [-0.4, -0.2) is 59.9 Å². The number of hydrogen-bond donors (Lipinski definition) is 3. The minimum absolute atomic E-state index is 0.0236. The molecule has 0 fully saturated rings. The predicted molar refractivity (Wildman–Crippen MR) is 105 cm³/mol. The number of hydrogen-bond acceptors (Lipinski definition) is 7. The molecule has 0 atom stereocenters. The fraction of sp³-hybridized carbons (Fsp3) is 0.353. The number of rotatable bonds is 8. The highest BCUT2D eigenvalue weighted by atomic mass is 35.5. The van der Waals surface area contributed by atoms with Crippen LogP contribution in [0.25, 0.3) is 5.82 Å². The summed E-state index contributed by atoms with van der Waals surface area (Å²) in [5, 5.41) is 20.8. The largest absolute Gasteiger partial charge is 0.467 e. The zero-order valence-electron chi connectivity index (χ0n) is 17.1. The minimum atomic E-state index is -4.85. The van der Waals surface area contributed by atoms with Crippen LogP contribution in [0.5, 0.6) is 5.88 Å². The van der Waals surface area contributed by atoms with Gasteiger partial charge in [0.1, 0.15) is 17.9 Å². The average molecular weight is 512 g/mol. The lowest BCUT2D eigenvalue weighted by Crippen LogP contribution is -2.28. The van der Waals surface area contributed by atoms with Crippen molar-refractivity contribution in [3.63, 3.8) is 0 Å². The van der Waals surface area contributed by atoms with Gasteiger partial charge in [-0.05, 0) is 13.0 Å². The van der Waals surface area contributed by atoms with E-state index in [1.54, 1.807) is 0 Å². The molecule has 0 radical (unpaired) electrons. The standard InChI is InChI=1S/C17H15ClF5N7O4/c1-7-11(12(18)27-26-7)24-14(32)8-4-9(20)13(25-15(8)34-6-17(21,22)23)30-16(33)29(2-3-31)10(5-19)28-30/h4,31H,2-3,5-6H2,1H3,(H,24,32)(H,26,27). The van der Waals surface area contributed by atoms with Crippen LogP contribution in [0.1, 0.15) is 21.9 Å². The van der Waals surface area contributed by atoms with Crippen molar-refractivity contribution in [2.75, 3.05) is 18.5 Å². The Balaban J connectivity index is 2.11. The number of pyridine rings is 1. The topological polar surface area (TPSA) is 140 Å². The highest BCUT2D eigenvalue weighted by Gasteiger charge is 2.31. The molecular weight excluding hydrogens is 497 g/mol. The Morgan fingerprint density at radius 1 is 1.38 bits per heavy atom. The molecule has 1 amide bonds. The van der Waals surface area contributed by atoms with Gasteiger partial charge in [0.15, 0.2) is 29.2 Å². The van der Waals surface area contributed by atoms with Gasteiger partial charge >= 0.3 is 11.9 Å². The van der Waals surface area contributed by atoms with Gasteiger partial charge < -0.3 is 15.2 Å². The Kier molecular flexibility index (Phi) is 7.21. The number of aryl methyl sites for hydroxylation is 1. The van der Waals surface area contributed by atoms with E-state index in [2.05, 4.69) is 30.3 Å². The third kappa shape index (κ3) is 5.17. The molecule has 3 rings (SSSR count). The summed E-state index contributed by atoms with van der Waals surface area (Å²) >= 11 is 5.82. The van der Waals surface area contributed by atoms with Crippen molar-refractivity contribution in [2.24, 2.45) is 0 Å². The van der Waals surface area contributed by atoms with Crippen molar-refractivity contribution in [1.82, 2.24) is 29.5 Å². The van der Waals surface area contributed by atoms with E-state index in [1.165, 1.54) is 6.92 Å². The molecule has 17 heteroatoms. The number of ether oxygens (including phenoxy) is 1. The van der Waals surface area contributed by atoms with Crippen LogP contribution in [0.4, 0.5) is 27.6 Å². The Hall–Kier alpha value is -3.53. The Morgan fingerprint density at radius 2 is 2.09 bits per heavy atom. The molecule has 0 saturated carbocycles. The molecule has 0 saturated heterocycles. The molecule has 0 aliphatic rings. The highest BCUT2D eigenvalue weighted by molar-refractivity contribution is 6.33. The van der Waals surface area contributed by atoms with Gasteiger partial charge in [-0.1, -0.05) is 11.6 Å². The summed E-state index contributed by atoms with van der Waals surface area (Å²) < 4.78 is 71.9. The van der Waals surface area contributed by atoms with Crippen molar-refractivity contribution in [3.05, 3.63) is 44.6 Å². The smallest absolute Gasteiger partial charge is 0.422 e. The van der Waals surface area contributed by atoms with Crippen LogP contribution in [-0.2, 0) is 13.2 Å². The Labute approximate surface area is 191 Å². The number of aliphatic hydroxyl groups excluding tert-OH is 1. The Bertz CT molecular complexity index is 1250. The first-order valence-corrected chi connectivity index (χ1v) is 9.62. The molecule has 0 aliphatic heterocycles. The molecule has 3 aromatic rings. The van der Waals surface area contributed by atoms with Crippen LogP contribution < -0.4 is 15.7 Å². The summed E-state index contributed by atoms with van der Waals surface area (Å²) in [5.41, 5.74) is -1.63. The van der Waals surface area contributed by atoms with Gasteiger partial charge in [-0.2, -0.15) is 27.9 Å². The summed E-state index contributed by atoms with van der Waals surface area (Å²) in [5.74, 6) is -4.95. The van der Waals surface area contributed by atoms with E-state index in [0.717, 1.165) is 0 Å². The number of carbonyl (C=O) groups excluding carboxylic acids is 1. The first kappa shape index (κ1) is 25.1. The molecule has 0 unspecified atom stereocenters. The quantitative estimate of drug-likeness (QED) is 0.392. The van der Waals surface area contributed by atoms with E-state index in [4.69, 9.17) is 16.7 Å². The van der Waals surface area contributed by atoms with E-state index in [0.29, 0.717) is 16.3 Å². The second-order valence-corrected chi connectivity index (χ2v) is 7.00. The number of aromatic amines is 1. The van der Waals surface area contributed by atoms with E-state index < -0.39 is 66.6 Å². The fourth-order valence-electron chi connectivity index (χ4n) is 2.76. The van der Waals surface area contributed by atoms with Gasteiger partial charge in [0.25, 0.3) is 5.91 Å². The molecule has 3 heterocycles. The van der Waals surface area contributed by atoms with Crippen LogP contribution in [0.3, 0.4) is 0 Å². The second kappa shape index (κ2) is 9.76. The molecule has 11 nitrogen and oxygen atoms in total. The third-order valence-corrected chi connectivity index (χ3v) is 4.54. The van der Waals surface area contributed by atoms with Crippen molar-refractivity contribution >= 4 is 23.2 Å². The number of nitrogens with one attached hydrogen (secondary N) is 2. The van der Waals surface area contributed by atoms with Gasteiger partial charge in [-0.3, -0.25) is 14.5 Å². The number of carbonyl (C=O) groups is 1. The van der Waals surface area contributed by atoms with E-state index in [1.807, 2.05) is 0 Å². The lowest BCUT2D eigenvalue weighted by molar-refractivity contribution is -0.154. The lowest BCUT2D eigenvalue weighted by atomic mass is 10.2. The second-order valence-electron chi connectivity index (χ2n) is 6.64. The summed E-state index contributed by atoms with van der Waals surface area (Å²) in [6, 6.07) is 0.472. The lowest BCUT2D eigenvalue weighted by Gasteiger charge is -2.14. The van der Waals surface area contributed by atoms with Crippen molar-refractivity contribution in [2.45, 2.75) is 26.3 Å². The molecule has 34 heavy (non-hydrogen) atoms. The van der Waals surface area contributed by atoms with E-state index in [-0.39, 0.29) is 22.1 Å². The maximum atomic E-state index is 14.9. The van der Waals surface area contributed by atoms with Crippen molar-refractivity contribution in [3.8, 4) is 11.7 Å². The van der Waals surface area contributed by atoms with Gasteiger partial charge in [-0.25, -0.2) is 13.6 Å². The van der Waals surface area contributed by atoms with Gasteiger partial charge in [0.05, 0.1) is 18.8 Å². The van der Waals surface area contributed by atoms with Crippen LogP contribution in [0, 0.1) is 12.7 Å². The maximum Gasteiger partial charge on any atom is 0.422 e. The van der Waals surface area contributed by atoms with Crippen molar-refractivity contribution < 1.29 is 36.6 Å². The summed E-state index contributed by atoms with van der Waals surface area (Å²) in [6.07, 6.45) is -4.85. The molecule has 184 valence electrons. The number of aromatic nitrogens is 6. The first-order valence-electron chi connectivity index (χ1n) is 9.24. The molecular formula is C17H15ClF5N7O4. The number of amides is 1. The summed E-state index contributed by atoms with van der Waals surface area (Å²) in [4.78, 5) is 28.7. The fourth-order valence-corrected chi connectivity index (χ4v) is 2.99. The molecule has 0 aliphatic carbocycles. The third-order valence-electron chi connectivity index (χ3n) is 4.26. The zero-order valence-corrected chi connectivity index (χ0v) is 17.8. The van der Waals surface area contributed by atoms with E-state index in [9.17, 15) is 31.5 Å². The van der Waals surface area contributed by atoms with Crippen molar-refractivity contribution in [1.29, 1.82) is 0 Å². The minimum Gasteiger partial charge on any atom is -0.467 e. The number of anilines is 1. The molecule has 3 N–H and O–H groups in total. The number of alkyl halides is 4. The van der Waals surface area contributed by atoms with Gasteiger partial charge in [0.2, 0.25) is 5.88 Å². The van der Waals surface area contributed by atoms with E-state index >= 15 is 0 Å².